The molecule has 0 aromatic carbocycles. The minimum atomic E-state index is -0.983. The first-order valence-corrected chi connectivity index (χ1v) is 5.16. The molecule has 0 aliphatic heterocycles. The molecule has 0 saturated heterocycles. The maximum absolute atomic E-state index is 11.2. The van der Waals surface area contributed by atoms with Crippen LogP contribution < -0.4 is 0 Å². The summed E-state index contributed by atoms with van der Waals surface area (Å²) in [5.41, 5.74) is 0.538. The molecule has 17 heavy (non-hydrogen) atoms. The standard InChI is InChI=1S/C12H19NO4/c1-8(2)12(16)17-7-10(13(4)5)6-9(3)11(14)15/h6,10H,1,7H2,2-5H3,(H,14,15). The van der Waals surface area contributed by atoms with Crippen molar-refractivity contribution in [1.82, 2.24) is 4.90 Å². The number of esters is 1. The van der Waals surface area contributed by atoms with Crippen molar-refractivity contribution >= 4 is 11.9 Å². The molecule has 0 fully saturated rings. The minimum absolute atomic E-state index is 0.101. The maximum Gasteiger partial charge on any atom is 0.333 e. The molecule has 1 atom stereocenters. The quantitative estimate of drug-likeness (QED) is 0.556. The van der Waals surface area contributed by atoms with Gasteiger partial charge in [-0.05, 0) is 27.9 Å². The van der Waals surface area contributed by atoms with Crippen LogP contribution in [0.25, 0.3) is 0 Å². The number of aliphatic carboxylic acids is 1. The van der Waals surface area contributed by atoms with Crippen molar-refractivity contribution in [1.29, 1.82) is 0 Å². The summed E-state index contributed by atoms with van der Waals surface area (Å²) >= 11 is 0. The predicted octanol–water partition coefficient (Wildman–Crippen LogP) is 1.07. The van der Waals surface area contributed by atoms with Crippen molar-refractivity contribution < 1.29 is 19.4 Å². The van der Waals surface area contributed by atoms with E-state index < -0.39 is 11.9 Å². The Morgan fingerprint density at radius 2 is 1.94 bits per heavy atom. The molecule has 0 radical (unpaired) electrons. The zero-order valence-electron chi connectivity index (χ0n) is 10.7. The fraction of sp³-hybridized carbons (Fsp3) is 0.500. The van der Waals surface area contributed by atoms with Gasteiger partial charge in [0.1, 0.15) is 6.61 Å². The second-order valence-electron chi connectivity index (χ2n) is 4.06. The average molecular weight is 241 g/mol. The third-order valence-electron chi connectivity index (χ3n) is 2.18. The van der Waals surface area contributed by atoms with Crippen molar-refractivity contribution in [3.63, 3.8) is 0 Å². The van der Waals surface area contributed by atoms with Gasteiger partial charge in [0.15, 0.2) is 0 Å². The Bertz CT molecular complexity index is 344. The zero-order valence-corrected chi connectivity index (χ0v) is 10.7. The van der Waals surface area contributed by atoms with Gasteiger partial charge in [0.2, 0.25) is 0 Å². The van der Waals surface area contributed by atoms with Crippen molar-refractivity contribution in [2.24, 2.45) is 0 Å². The minimum Gasteiger partial charge on any atom is -0.478 e. The lowest BCUT2D eigenvalue weighted by atomic mass is 10.2. The summed E-state index contributed by atoms with van der Waals surface area (Å²) in [6, 6.07) is -0.269. The molecule has 0 amide bonds. The van der Waals surface area contributed by atoms with Gasteiger partial charge >= 0.3 is 11.9 Å². The lowest BCUT2D eigenvalue weighted by Crippen LogP contribution is -2.32. The van der Waals surface area contributed by atoms with E-state index in [1.165, 1.54) is 6.92 Å². The Morgan fingerprint density at radius 1 is 1.41 bits per heavy atom. The van der Waals surface area contributed by atoms with E-state index in [0.29, 0.717) is 5.57 Å². The monoisotopic (exact) mass is 241 g/mol. The van der Waals surface area contributed by atoms with Crippen LogP contribution in [0, 0.1) is 0 Å². The fourth-order valence-corrected chi connectivity index (χ4v) is 0.990. The number of carbonyl (C=O) groups is 2. The number of rotatable bonds is 6. The number of carboxylic acids is 1. The molecule has 0 bridgehead atoms. The molecule has 1 N–H and O–H groups in total. The molecule has 0 spiro atoms. The first-order valence-electron chi connectivity index (χ1n) is 5.16. The van der Waals surface area contributed by atoms with Crippen LogP contribution in [0.4, 0.5) is 0 Å². The van der Waals surface area contributed by atoms with Crippen LogP contribution in [0.15, 0.2) is 23.8 Å². The van der Waals surface area contributed by atoms with Crippen molar-refractivity contribution in [2.75, 3.05) is 20.7 Å². The van der Waals surface area contributed by atoms with Crippen LogP contribution in [0.3, 0.4) is 0 Å². The highest BCUT2D eigenvalue weighted by molar-refractivity contribution is 5.87. The highest BCUT2D eigenvalue weighted by Gasteiger charge is 2.14. The zero-order chi connectivity index (χ0) is 13.6. The SMILES string of the molecule is C=C(C)C(=O)OCC(C=C(C)C(=O)O)N(C)C. The molecular formula is C12H19NO4. The number of likely N-dealkylation sites (N-methyl/N-ethyl adjacent to an activating group) is 1. The summed E-state index contributed by atoms with van der Waals surface area (Å²) in [4.78, 5) is 23.7. The number of hydrogen-bond acceptors (Lipinski definition) is 4. The van der Waals surface area contributed by atoms with Gasteiger partial charge in [0.25, 0.3) is 0 Å². The molecule has 5 heteroatoms. The first-order chi connectivity index (χ1) is 7.75. The van der Waals surface area contributed by atoms with E-state index in [2.05, 4.69) is 6.58 Å². The van der Waals surface area contributed by atoms with E-state index in [0.717, 1.165) is 0 Å². The topological polar surface area (TPSA) is 66.8 Å². The fourth-order valence-electron chi connectivity index (χ4n) is 0.990. The summed E-state index contributed by atoms with van der Waals surface area (Å²) in [6.07, 6.45) is 1.55. The third kappa shape index (κ3) is 5.87. The van der Waals surface area contributed by atoms with Crippen molar-refractivity contribution in [3.8, 4) is 0 Å². The summed E-state index contributed by atoms with van der Waals surface area (Å²) in [7, 11) is 3.57. The highest BCUT2D eigenvalue weighted by atomic mass is 16.5. The van der Waals surface area contributed by atoms with E-state index in [9.17, 15) is 9.59 Å². The first kappa shape index (κ1) is 15.4. The van der Waals surface area contributed by atoms with Crippen LogP contribution in [0.1, 0.15) is 13.8 Å². The van der Waals surface area contributed by atoms with Crippen molar-refractivity contribution in [3.05, 3.63) is 23.8 Å². The number of hydrogen-bond donors (Lipinski definition) is 1. The molecule has 0 aromatic heterocycles. The van der Waals surface area contributed by atoms with Crippen LogP contribution in [0.2, 0.25) is 0 Å². The van der Waals surface area contributed by atoms with Gasteiger partial charge in [-0.25, -0.2) is 9.59 Å². The second kappa shape index (κ2) is 6.85. The lowest BCUT2D eigenvalue weighted by molar-refractivity contribution is -0.139. The third-order valence-corrected chi connectivity index (χ3v) is 2.18. The number of carboxylic acid groups (broad SMARTS) is 1. The van der Waals surface area contributed by atoms with Crippen molar-refractivity contribution in [2.45, 2.75) is 19.9 Å². The molecule has 0 aliphatic rings. The number of carbonyl (C=O) groups excluding carboxylic acids is 1. The van der Waals surface area contributed by atoms with Gasteiger partial charge < -0.3 is 9.84 Å². The molecule has 5 nitrogen and oxygen atoms in total. The van der Waals surface area contributed by atoms with Gasteiger partial charge in [-0.1, -0.05) is 12.7 Å². The summed E-state index contributed by atoms with van der Waals surface area (Å²) < 4.78 is 4.99. The lowest BCUT2D eigenvalue weighted by Gasteiger charge is -2.21. The molecule has 0 rings (SSSR count). The predicted molar refractivity (Wildman–Crippen MR) is 64.6 cm³/mol. The molecule has 0 aromatic rings. The normalized spacial score (nSPS) is 13.4. The summed E-state index contributed by atoms with van der Waals surface area (Å²) in [5, 5.41) is 8.77. The van der Waals surface area contributed by atoms with E-state index in [-0.39, 0.29) is 18.2 Å². The highest BCUT2D eigenvalue weighted by Crippen LogP contribution is 2.04. The number of ether oxygens (including phenoxy) is 1. The molecule has 0 heterocycles. The van der Waals surface area contributed by atoms with Crippen LogP contribution in [-0.4, -0.2) is 48.7 Å². The molecule has 0 aliphatic carbocycles. The van der Waals surface area contributed by atoms with E-state index in [1.807, 2.05) is 0 Å². The van der Waals surface area contributed by atoms with E-state index in [1.54, 1.807) is 32.0 Å². The van der Waals surface area contributed by atoms with Gasteiger partial charge in [-0.2, -0.15) is 0 Å². The van der Waals surface area contributed by atoms with Crippen LogP contribution in [-0.2, 0) is 14.3 Å². The Hall–Kier alpha value is -1.62. The molecular weight excluding hydrogens is 222 g/mol. The summed E-state index contributed by atoms with van der Waals surface area (Å²) in [6.45, 7) is 6.63. The Kier molecular flexibility index (Phi) is 6.20. The van der Waals surface area contributed by atoms with Crippen LogP contribution >= 0.6 is 0 Å². The smallest absolute Gasteiger partial charge is 0.333 e. The number of nitrogens with zero attached hydrogens (tertiary/aromatic N) is 1. The largest absolute Gasteiger partial charge is 0.478 e. The maximum atomic E-state index is 11.2. The van der Waals surface area contributed by atoms with Gasteiger partial charge in [0.05, 0.1) is 6.04 Å². The molecule has 96 valence electrons. The second-order valence-corrected chi connectivity index (χ2v) is 4.06. The van der Waals surface area contributed by atoms with E-state index in [4.69, 9.17) is 9.84 Å². The van der Waals surface area contributed by atoms with Gasteiger partial charge in [-0.15, -0.1) is 0 Å². The molecule has 0 saturated carbocycles. The van der Waals surface area contributed by atoms with Gasteiger partial charge in [-0.3, -0.25) is 4.90 Å². The average Bonchev–Trinajstić information content (AvgIpc) is 2.22. The molecule has 1 unspecified atom stereocenters. The Balaban J connectivity index is 4.57. The summed E-state index contributed by atoms with van der Waals surface area (Å²) in [5.74, 6) is -1.46. The van der Waals surface area contributed by atoms with Crippen LogP contribution in [0.5, 0.6) is 0 Å². The Morgan fingerprint density at radius 3 is 2.29 bits per heavy atom. The van der Waals surface area contributed by atoms with Gasteiger partial charge in [0, 0.05) is 11.1 Å². The van der Waals surface area contributed by atoms with E-state index >= 15 is 0 Å². The Labute approximate surface area is 101 Å².